The maximum atomic E-state index is 6.16. The highest BCUT2D eigenvalue weighted by Crippen LogP contribution is 2.25. The van der Waals surface area contributed by atoms with Crippen molar-refractivity contribution in [2.24, 2.45) is 11.8 Å². The van der Waals surface area contributed by atoms with Gasteiger partial charge in [-0.3, -0.25) is 0 Å². The monoisotopic (exact) mass is 216 g/mol. The molecule has 0 nitrogen and oxygen atoms in total. The second-order valence-corrected chi connectivity index (χ2v) is 5.59. The molecule has 0 saturated carbocycles. The van der Waals surface area contributed by atoms with Crippen molar-refractivity contribution in [3.05, 3.63) is 22.4 Å². The van der Waals surface area contributed by atoms with Gasteiger partial charge in [-0.15, -0.1) is 22.9 Å². The van der Waals surface area contributed by atoms with Crippen LogP contribution in [0.2, 0.25) is 0 Å². The maximum absolute atomic E-state index is 6.16. The molecule has 1 heterocycles. The molecule has 0 aromatic carbocycles. The van der Waals surface area contributed by atoms with Crippen LogP contribution in [0.3, 0.4) is 0 Å². The predicted molar refractivity (Wildman–Crippen MR) is 61.7 cm³/mol. The lowest BCUT2D eigenvalue weighted by molar-refractivity contribution is 0.378. The highest BCUT2D eigenvalue weighted by Gasteiger charge is 2.19. The van der Waals surface area contributed by atoms with E-state index in [1.54, 1.807) is 0 Å². The van der Waals surface area contributed by atoms with Crippen molar-refractivity contribution >= 4 is 22.9 Å². The Morgan fingerprint density at radius 2 is 2.08 bits per heavy atom. The second kappa shape index (κ2) is 5.02. The van der Waals surface area contributed by atoms with Gasteiger partial charge in [0.1, 0.15) is 0 Å². The van der Waals surface area contributed by atoms with Gasteiger partial charge in [-0.1, -0.05) is 19.9 Å². The first-order valence-corrected chi connectivity index (χ1v) is 6.09. The zero-order valence-corrected chi connectivity index (χ0v) is 10.0. The topological polar surface area (TPSA) is 0 Å². The van der Waals surface area contributed by atoms with Crippen LogP contribution in [-0.2, 0) is 6.42 Å². The minimum atomic E-state index is 0.266. The van der Waals surface area contributed by atoms with E-state index in [4.69, 9.17) is 11.6 Å². The van der Waals surface area contributed by atoms with Crippen molar-refractivity contribution in [2.75, 3.05) is 0 Å². The van der Waals surface area contributed by atoms with Gasteiger partial charge in [-0.05, 0) is 36.6 Å². The van der Waals surface area contributed by atoms with Gasteiger partial charge in [0, 0.05) is 10.3 Å². The SMILES string of the molecule is CC(C)C(Cc1cccs1)C(C)Cl. The molecule has 2 atom stereocenters. The largest absolute Gasteiger partial charge is 0.149 e. The summed E-state index contributed by atoms with van der Waals surface area (Å²) in [5, 5.41) is 2.40. The Bertz CT molecular complexity index is 218. The quantitative estimate of drug-likeness (QED) is 0.663. The average Bonchev–Trinajstić information content (AvgIpc) is 2.50. The Balaban J connectivity index is 2.58. The summed E-state index contributed by atoms with van der Waals surface area (Å²) in [4.78, 5) is 1.45. The van der Waals surface area contributed by atoms with Crippen LogP contribution in [0.4, 0.5) is 0 Å². The van der Waals surface area contributed by atoms with E-state index in [0.29, 0.717) is 11.8 Å². The average molecular weight is 217 g/mol. The van der Waals surface area contributed by atoms with E-state index in [-0.39, 0.29) is 5.38 Å². The predicted octanol–water partition coefficient (Wildman–Crippen LogP) is 4.19. The lowest BCUT2D eigenvalue weighted by Gasteiger charge is -2.22. The Morgan fingerprint density at radius 1 is 1.38 bits per heavy atom. The fourth-order valence-corrected chi connectivity index (χ4v) is 2.75. The number of hydrogen-bond donors (Lipinski definition) is 0. The van der Waals surface area contributed by atoms with Gasteiger partial charge in [0.25, 0.3) is 0 Å². The van der Waals surface area contributed by atoms with E-state index in [9.17, 15) is 0 Å². The van der Waals surface area contributed by atoms with Crippen LogP contribution in [0.5, 0.6) is 0 Å². The maximum Gasteiger partial charge on any atom is 0.0341 e. The summed E-state index contributed by atoms with van der Waals surface area (Å²) in [6.07, 6.45) is 1.12. The number of alkyl halides is 1. The molecule has 0 saturated heterocycles. The number of thiophene rings is 1. The number of rotatable bonds is 4. The van der Waals surface area contributed by atoms with E-state index in [2.05, 4.69) is 38.3 Å². The fourth-order valence-electron chi connectivity index (χ4n) is 1.59. The summed E-state index contributed by atoms with van der Waals surface area (Å²) in [5.74, 6) is 1.26. The van der Waals surface area contributed by atoms with Crippen LogP contribution >= 0.6 is 22.9 Å². The minimum absolute atomic E-state index is 0.266. The van der Waals surface area contributed by atoms with E-state index in [1.165, 1.54) is 4.88 Å². The summed E-state index contributed by atoms with van der Waals surface area (Å²) >= 11 is 7.99. The van der Waals surface area contributed by atoms with Crippen molar-refractivity contribution in [3.63, 3.8) is 0 Å². The van der Waals surface area contributed by atoms with E-state index < -0.39 is 0 Å². The standard InChI is InChI=1S/C11H17ClS/c1-8(2)11(9(3)12)7-10-5-4-6-13-10/h4-6,8-9,11H,7H2,1-3H3. The first-order valence-electron chi connectivity index (χ1n) is 4.77. The molecule has 0 radical (unpaired) electrons. The van der Waals surface area contributed by atoms with Crippen molar-refractivity contribution in [1.82, 2.24) is 0 Å². The third-order valence-electron chi connectivity index (χ3n) is 2.46. The van der Waals surface area contributed by atoms with Crippen LogP contribution in [0.25, 0.3) is 0 Å². The molecule has 2 unspecified atom stereocenters. The van der Waals surface area contributed by atoms with Gasteiger partial charge in [-0.2, -0.15) is 0 Å². The molecule has 2 heteroatoms. The highest BCUT2D eigenvalue weighted by atomic mass is 35.5. The molecule has 0 bridgehead atoms. The first-order chi connectivity index (χ1) is 6.11. The molecule has 1 aromatic heterocycles. The Hall–Kier alpha value is -0.0100. The second-order valence-electron chi connectivity index (χ2n) is 3.87. The fraction of sp³-hybridized carbons (Fsp3) is 0.636. The normalized spacial score (nSPS) is 16.1. The summed E-state index contributed by atoms with van der Waals surface area (Å²) in [6, 6.07) is 4.30. The molecule has 0 aliphatic carbocycles. The summed E-state index contributed by atoms with van der Waals surface area (Å²) in [7, 11) is 0. The van der Waals surface area contributed by atoms with E-state index in [0.717, 1.165) is 6.42 Å². The van der Waals surface area contributed by atoms with Gasteiger partial charge in [0.15, 0.2) is 0 Å². The number of halogens is 1. The molecule has 74 valence electrons. The van der Waals surface area contributed by atoms with E-state index >= 15 is 0 Å². The zero-order chi connectivity index (χ0) is 9.84. The van der Waals surface area contributed by atoms with Gasteiger partial charge >= 0.3 is 0 Å². The molecule has 0 amide bonds. The third kappa shape index (κ3) is 3.32. The molecular formula is C11H17ClS. The van der Waals surface area contributed by atoms with Crippen LogP contribution in [0.1, 0.15) is 25.6 Å². The molecule has 0 N–H and O–H groups in total. The van der Waals surface area contributed by atoms with Gasteiger partial charge in [0.2, 0.25) is 0 Å². The lowest BCUT2D eigenvalue weighted by atomic mass is 9.89. The smallest absolute Gasteiger partial charge is 0.0341 e. The molecule has 13 heavy (non-hydrogen) atoms. The van der Waals surface area contributed by atoms with Crippen LogP contribution in [0, 0.1) is 11.8 Å². The Morgan fingerprint density at radius 3 is 2.46 bits per heavy atom. The Labute approximate surface area is 89.9 Å². The number of hydrogen-bond acceptors (Lipinski definition) is 1. The first kappa shape index (κ1) is 11.1. The summed E-state index contributed by atoms with van der Waals surface area (Å²) in [6.45, 7) is 6.59. The van der Waals surface area contributed by atoms with Crippen molar-refractivity contribution in [1.29, 1.82) is 0 Å². The minimum Gasteiger partial charge on any atom is -0.149 e. The van der Waals surface area contributed by atoms with Crippen LogP contribution in [-0.4, -0.2) is 5.38 Å². The molecule has 1 aromatic rings. The molecule has 0 aliphatic rings. The molecule has 0 aliphatic heterocycles. The van der Waals surface area contributed by atoms with E-state index in [1.807, 2.05) is 11.3 Å². The third-order valence-corrected chi connectivity index (χ3v) is 3.69. The van der Waals surface area contributed by atoms with Crippen LogP contribution < -0.4 is 0 Å². The van der Waals surface area contributed by atoms with Crippen LogP contribution in [0.15, 0.2) is 17.5 Å². The van der Waals surface area contributed by atoms with Gasteiger partial charge in [0.05, 0.1) is 0 Å². The van der Waals surface area contributed by atoms with Gasteiger partial charge in [-0.25, -0.2) is 0 Å². The van der Waals surface area contributed by atoms with Crippen molar-refractivity contribution in [3.8, 4) is 0 Å². The van der Waals surface area contributed by atoms with Crippen molar-refractivity contribution in [2.45, 2.75) is 32.6 Å². The Kier molecular flexibility index (Phi) is 4.27. The lowest BCUT2D eigenvalue weighted by Crippen LogP contribution is -2.20. The molecule has 0 spiro atoms. The molecular weight excluding hydrogens is 200 g/mol. The summed E-state index contributed by atoms with van der Waals surface area (Å²) in [5.41, 5.74) is 0. The van der Waals surface area contributed by atoms with Crippen molar-refractivity contribution < 1.29 is 0 Å². The zero-order valence-electron chi connectivity index (χ0n) is 8.46. The summed E-state index contributed by atoms with van der Waals surface area (Å²) < 4.78 is 0. The highest BCUT2D eigenvalue weighted by molar-refractivity contribution is 7.09. The molecule has 0 fully saturated rings. The van der Waals surface area contributed by atoms with Gasteiger partial charge < -0.3 is 0 Å². The molecule has 1 rings (SSSR count).